The number of nitrogens with zero attached hydrogens (tertiary/aromatic N) is 3. The Kier molecular flexibility index (Phi) is 4.63. The topological polar surface area (TPSA) is 105 Å². The maximum Gasteiger partial charge on any atom is 0.263 e. The molecule has 1 aliphatic heterocycles. The Morgan fingerprint density at radius 2 is 2.07 bits per heavy atom. The summed E-state index contributed by atoms with van der Waals surface area (Å²) in [4.78, 5) is 20.6. The van der Waals surface area contributed by atoms with Crippen molar-refractivity contribution in [3.8, 4) is 5.69 Å². The van der Waals surface area contributed by atoms with Crippen LogP contribution in [0.5, 0.6) is 0 Å². The SMILES string of the molecule is C[C@H](N=C1NS(=O)(=O)c2ccccc21)C(=O)Nc1ccc(-n2ccnc2)c(F)c1. The van der Waals surface area contributed by atoms with Crippen molar-refractivity contribution >= 4 is 27.5 Å². The van der Waals surface area contributed by atoms with Crippen molar-refractivity contribution in [3.63, 3.8) is 0 Å². The molecule has 0 saturated carbocycles. The molecule has 0 unspecified atom stereocenters. The van der Waals surface area contributed by atoms with E-state index in [9.17, 15) is 17.6 Å². The average molecular weight is 413 g/mol. The fourth-order valence-corrected chi connectivity index (χ4v) is 4.16. The molecule has 0 fully saturated rings. The van der Waals surface area contributed by atoms with Crippen molar-refractivity contribution in [3.05, 3.63) is 72.6 Å². The largest absolute Gasteiger partial charge is 0.324 e. The zero-order chi connectivity index (χ0) is 20.6. The monoisotopic (exact) mass is 413 g/mol. The molecule has 2 heterocycles. The number of benzene rings is 2. The van der Waals surface area contributed by atoms with Crippen molar-refractivity contribution < 1.29 is 17.6 Å². The number of amidine groups is 1. The summed E-state index contributed by atoms with van der Waals surface area (Å²) < 4.78 is 42.5. The molecule has 2 aromatic carbocycles. The smallest absolute Gasteiger partial charge is 0.263 e. The Morgan fingerprint density at radius 3 is 2.79 bits per heavy atom. The number of hydrogen-bond acceptors (Lipinski definition) is 5. The molecular weight excluding hydrogens is 397 g/mol. The highest BCUT2D eigenvalue weighted by atomic mass is 32.2. The van der Waals surface area contributed by atoms with Gasteiger partial charge in [-0.15, -0.1) is 0 Å². The number of carbonyl (C=O) groups is 1. The number of sulfonamides is 1. The summed E-state index contributed by atoms with van der Waals surface area (Å²) in [5, 5.41) is 2.59. The first-order chi connectivity index (χ1) is 13.8. The Bertz CT molecular complexity index is 1220. The summed E-state index contributed by atoms with van der Waals surface area (Å²) in [7, 11) is -3.69. The third-order valence-corrected chi connectivity index (χ3v) is 5.76. The molecule has 1 atom stereocenters. The Labute approximate surface area is 166 Å². The molecule has 1 amide bonds. The minimum Gasteiger partial charge on any atom is -0.324 e. The van der Waals surface area contributed by atoms with Crippen LogP contribution in [0.25, 0.3) is 5.69 Å². The predicted molar refractivity (Wildman–Crippen MR) is 105 cm³/mol. The molecule has 0 radical (unpaired) electrons. The molecule has 2 N–H and O–H groups in total. The van der Waals surface area contributed by atoms with Gasteiger partial charge in [-0.2, -0.15) is 0 Å². The number of carbonyl (C=O) groups excluding carboxylic acids is 1. The van der Waals surface area contributed by atoms with Gasteiger partial charge in [0.25, 0.3) is 10.0 Å². The molecule has 1 aliphatic rings. The van der Waals surface area contributed by atoms with Gasteiger partial charge >= 0.3 is 0 Å². The average Bonchev–Trinajstić information content (AvgIpc) is 3.29. The summed E-state index contributed by atoms with van der Waals surface area (Å²) in [6, 6.07) is 9.74. The van der Waals surface area contributed by atoms with Gasteiger partial charge in [0, 0.05) is 23.6 Å². The number of hydrogen-bond donors (Lipinski definition) is 2. The third kappa shape index (κ3) is 3.61. The number of anilines is 1. The van der Waals surface area contributed by atoms with Crippen LogP contribution in [0.4, 0.5) is 10.1 Å². The van der Waals surface area contributed by atoms with Gasteiger partial charge in [0.1, 0.15) is 17.7 Å². The first kappa shape index (κ1) is 18.8. The number of halogens is 1. The van der Waals surface area contributed by atoms with Gasteiger partial charge in [-0.25, -0.2) is 17.8 Å². The molecule has 4 rings (SSSR count). The molecule has 10 heteroatoms. The second kappa shape index (κ2) is 7.13. The second-order valence-electron chi connectivity index (χ2n) is 6.38. The van der Waals surface area contributed by atoms with Gasteiger partial charge < -0.3 is 9.88 Å². The van der Waals surface area contributed by atoms with E-state index >= 15 is 0 Å². The minimum atomic E-state index is -3.69. The van der Waals surface area contributed by atoms with Crippen LogP contribution < -0.4 is 10.0 Å². The Morgan fingerprint density at radius 1 is 1.28 bits per heavy atom. The van der Waals surface area contributed by atoms with E-state index in [1.54, 1.807) is 30.5 Å². The lowest BCUT2D eigenvalue weighted by Crippen LogP contribution is -2.29. The Hall–Kier alpha value is -3.53. The molecule has 8 nitrogen and oxygen atoms in total. The second-order valence-corrected chi connectivity index (χ2v) is 8.03. The van der Waals surface area contributed by atoms with Gasteiger partial charge in [0.05, 0.1) is 16.9 Å². The zero-order valence-electron chi connectivity index (χ0n) is 15.2. The van der Waals surface area contributed by atoms with Crippen LogP contribution in [0.3, 0.4) is 0 Å². The lowest BCUT2D eigenvalue weighted by Gasteiger charge is -2.11. The number of imidazole rings is 1. The van der Waals surface area contributed by atoms with E-state index in [2.05, 4.69) is 20.0 Å². The fraction of sp³-hybridized carbons (Fsp3) is 0.105. The predicted octanol–water partition coefficient (Wildman–Crippen LogP) is 2.08. The summed E-state index contributed by atoms with van der Waals surface area (Å²) in [5.41, 5.74) is 0.962. The molecular formula is C19H16FN5O3S. The van der Waals surface area contributed by atoms with Crippen molar-refractivity contribution in [1.82, 2.24) is 14.3 Å². The fourth-order valence-electron chi connectivity index (χ4n) is 2.92. The highest BCUT2D eigenvalue weighted by molar-refractivity contribution is 7.90. The third-order valence-electron chi connectivity index (χ3n) is 4.36. The first-order valence-corrected chi connectivity index (χ1v) is 10.1. The van der Waals surface area contributed by atoms with Crippen molar-refractivity contribution in [2.75, 3.05) is 5.32 Å². The first-order valence-electron chi connectivity index (χ1n) is 8.64. The van der Waals surface area contributed by atoms with E-state index in [0.717, 1.165) is 0 Å². The number of amides is 1. The van der Waals surface area contributed by atoms with Crippen LogP contribution >= 0.6 is 0 Å². The number of nitrogens with one attached hydrogen (secondary N) is 2. The number of aliphatic imine (C=N–C) groups is 1. The molecule has 0 bridgehead atoms. The maximum absolute atomic E-state index is 14.3. The van der Waals surface area contributed by atoms with Gasteiger partial charge in [-0.3, -0.25) is 14.5 Å². The zero-order valence-corrected chi connectivity index (χ0v) is 16.0. The molecule has 3 aromatic rings. The van der Waals surface area contributed by atoms with Crippen molar-refractivity contribution in [1.29, 1.82) is 0 Å². The number of fused-ring (bicyclic) bond motifs is 1. The number of rotatable bonds is 4. The standard InChI is InChI=1S/C19H16FN5O3S/c1-12(22-18-14-4-2-3-5-17(14)29(27,28)24-18)19(26)23-13-6-7-16(15(20)10-13)25-9-8-21-11-25/h2-12H,1H3,(H,22,24)(H,23,26)/t12-/m0/s1. The van der Waals surface area contributed by atoms with Gasteiger partial charge in [0.15, 0.2) is 0 Å². The van der Waals surface area contributed by atoms with E-state index in [1.807, 2.05) is 0 Å². The lowest BCUT2D eigenvalue weighted by atomic mass is 10.2. The summed E-state index contributed by atoms with van der Waals surface area (Å²) >= 11 is 0. The molecule has 29 heavy (non-hydrogen) atoms. The molecule has 148 valence electrons. The van der Waals surface area contributed by atoms with Crippen LogP contribution in [0, 0.1) is 5.82 Å². The lowest BCUT2D eigenvalue weighted by molar-refractivity contribution is -0.117. The summed E-state index contributed by atoms with van der Waals surface area (Å²) in [5.74, 6) is -0.932. The molecule has 0 spiro atoms. The summed E-state index contributed by atoms with van der Waals surface area (Å²) in [6.07, 6.45) is 4.61. The highest BCUT2D eigenvalue weighted by Crippen LogP contribution is 2.23. The van der Waals surface area contributed by atoms with Crippen molar-refractivity contribution in [2.45, 2.75) is 17.9 Å². The van der Waals surface area contributed by atoms with E-state index in [1.165, 1.54) is 42.2 Å². The molecule has 0 saturated heterocycles. The molecule has 1 aromatic heterocycles. The van der Waals surface area contributed by atoms with Gasteiger partial charge in [0.2, 0.25) is 5.91 Å². The Balaban J connectivity index is 1.52. The van der Waals surface area contributed by atoms with E-state index < -0.39 is 27.8 Å². The van der Waals surface area contributed by atoms with Crippen molar-refractivity contribution in [2.24, 2.45) is 4.99 Å². The van der Waals surface area contributed by atoms with E-state index in [0.29, 0.717) is 11.3 Å². The normalized spacial score (nSPS) is 16.8. The quantitative estimate of drug-likeness (QED) is 0.683. The van der Waals surface area contributed by atoms with Gasteiger partial charge in [-0.1, -0.05) is 12.1 Å². The summed E-state index contributed by atoms with van der Waals surface area (Å²) in [6.45, 7) is 1.52. The van der Waals surface area contributed by atoms with Crippen LogP contribution in [0.1, 0.15) is 12.5 Å². The maximum atomic E-state index is 14.3. The van der Waals surface area contributed by atoms with Crippen LogP contribution in [0.2, 0.25) is 0 Å². The van der Waals surface area contributed by atoms with Crippen LogP contribution in [-0.4, -0.2) is 35.8 Å². The molecule has 0 aliphatic carbocycles. The highest BCUT2D eigenvalue weighted by Gasteiger charge is 2.31. The van der Waals surface area contributed by atoms with Crippen LogP contribution in [-0.2, 0) is 14.8 Å². The van der Waals surface area contributed by atoms with Crippen LogP contribution in [0.15, 0.2) is 71.1 Å². The van der Waals surface area contributed by atoms with Gasteiger partial charge in [-0.05, 0) is 37.3 Å². The van der Waals surface area contributed by atoms with E-state index in [4.69, 9.17) is 0 Å². The number of aromatic nitrogens is 2. The minimum absolute atomic E-state index is 0.102. The van der Waals surface area contributed by atoms with E-state index in [-0.39, 0.29) is 16.4 Å².